The van der Waals surface area contributed by atoms with Crippen molar-refractivity contribution in [3.8, 4) is 11.8 Å². The highest BCUT2D eigenvalue weighted by molar-refractivity contribution is 5.95. The molecule has 0 aliphatic carbocycles. The van der Waals surface area contributed by atoms with Crippen molar-refractivity contribution in [2.75, 3.05) is 18.0 Å². The first-order valence-electron chi connectivity index (χ1n) is 13.2. The van der Waals surface area contributed by atoms with Gasteiger partial charge in [-0.05, 0) is 94.0 Å². The molecule has 0 saturated carbocycles. The van der Waals surface area contributed by atoms with Crippen molar-refractivity contribution in [1.82, 2.24) is 4.90 Å². The number of rotatable bonds is 8. The zero-order valence-electron chi connectivity index (χ0n) is 21.7. The predicted molar refractivity (Wildman–Crippen MR) is 141 cm³/mol. The lowest BCUT2D eigenvalue weighted by Crippen LogP contribution is -2.42. The summed E-state index contributed by atoms with van der Waals surface area (Å²) in [7, 11) is 0. The van der Waals surface area contributed by atoms with Gasteiger partial charge >= 0.3 is 0 Å². The SMILES string of the molecule is CCC(CC1CCC(C)N1C(=O)c1ccc(N2CCC(C=O)CC2)cc1)Oc1ccc(C#N)c(C)c1. The van der Waals surface area contributed by atoms with E-state index >= 15 is 0 Å². The molecule has 0 bridgehead atoms. The van der Waals surface area contributed by atoms with Crippen molar-refractivity contribution in [2.24, 2.45) is 5.92 Å². The van der Waals surface area contributed by atoms with Gasteiger partial charge in [0.15, 0.2) is 0 Å². The topological polar surface area (TPSA) is 73.6 Å². The third-order valence-electron chi connectivity index (χ3n) is 7.84. The molecule has 2 aliphatic heterocycles. The van der Waals surface area contributed by atoms with Crippen LogP contribution < -0.4 is 9.64 Å². The summed E-state index contributed by atoms with van der Waals surface area (Å²) in [6.07, 6.45) is 6.46. The van der Waals surface area contributed by atoms with Crippen LogP contribution in [0.25, 0.3) is 0 Å². The van der Waals surface area contributed by atoms with Crippen molar-refractivity contribution >= 4 is 17.9 Å². The Bertz CT molecular complexity index is 1100. The fourth-order valence-electron chi connectivity index (χ4n) is 5.56. The molecule has 190 valence electrons. The Labute approximate surface area is 214 Å². The summed E-state index contributed by atoms with van der Waals surface area (Å²) in [5.41, 5.74) is 3.40. The minimum atomic E-state index is -0.000366. The Morgan fingerprint density at radius 3 is 2.47 bits per heavy atom. The Morgan fingerprint density at radius 2 is 1.86 bits per heavy atom. The molecule has 3 atom stereocenters. The maximum absolute atomic E-state index is 13.6. The molecule has 0 radical (unpaired) electrons. The van der Waals surface area contributed by atoms with Crippen LogP contribution in [-0.4, -0.2) is 48.4 Å². The number of ether oxygens (including phenoxy) is 1. The van der Waals surface area contributed by atoms with Crippen molar-refractivity contribution in [2.45, 2.75) is 77.5 Å². The van der Waals surface area contributed by atoms with Gasteiger partial charge in [0, 0.05) is 48.8 Å². The summed E-state index contributed by atoms with van der Waals surface area (Å²) in [4.78, 5) is 29.0. The number of amides is 1. The first-order chi connectivity index (χ1) is 17.4. The fraction of sp³-hybridized carbons (Fsp3) is 0.500. The van der Waals surface area contributed by atoms with Crippen LogP contribution in [0.3, 0.4) is 0 Å². The molecule has 6 heteroatoms. The molecule has 2 aromatic carbocycles. The maximum Gasteiger partial charge on any atom is 0.254 e. The van der Waals surface area contributed by atoms with Gasteiger partial charge in [-0.2, -0.15) is 5.26 Å². The lowest BCUT2D eigenvalue weighted by molar-refractivity contribution is -0.111. The molecule has 0 spiro atoms. The number of nitrogens with zero attached hydrogens (tertiary/aromatic N) is 3. The predicted octanol–water partition coefficient (Wildman–Crippen LogP) is 5.52. The smallest absolute Gasteiger partial charge is 0.254 e. The van der Waals surface area contributed by atoms with Crippen LogP contribution in [0.2, 0.25) is 0 Å². The van der Waals surface area contributed by atoms with Crippen molar-refractivity contribution < 1.29 is 14.3 Å². The van der Waals surface area contributed by atoms with Crippen LogP contribution in [0.4, 0.5) is 5.69 Å². The van der Waals surface area contributed by atoms with E-state index in [2.05, 4.69) is 29.7 Å². The summed E-state index contributed by atoms with van der Waals surface area (Å²) >= 11 is 0. The highest BCUT2D eigenvalue weighted by atomic mass is 16.5. The van der Waals surface area contributed by atoms with Crippen molar-refractivity contribution in [3.05, 3.63) is 59.2 Å². The summed E-state index contributed by atoms with van der Waals surface area (Å²) in [5.74, 6) is 1.03. The normalized spacial score (nSPS) is 21.2. The van der Waals surface area contributed by atoms with Gasteiger partial charge in [-0.15, -0.1) is 0 Å². The number of nitriles is 1. The molecular weight excluding hydrogens is 450 g/mol. The molecule has 3 unspecified atom stereocenters. The number of carbonyl (C=O) groups is 2. The minimum Gasteiger partial charge on any atom is -0.490 e. The average molecular weight is 488 g/mol. The van der Waals surface area contributed by atoms with Crippen LogP contribution in [0.15, 0.2) is 42.5 Å². The lowest BCUT2D eigenvalue weighted by atomic mass is 9.98. The molecule has 2 aliphatic rings. The molecule has 36 heavy (non-hydrogen) atoms. The number of benzene rings is 2. The minimum absolute atomic E-state index is 0.000366. The number of hydrogen-bond acceptors (Lipinski definition) is 5. The molecule has 0 N–H and O–H groups in total. The van der Waals surface area contributed by atoms with Crippen LogP contribution in [0, 0.1) is 24.2 Å². The Hall–Kier alpha value is -3.33. The number of aldehydes is 1. The number of hydrogen-bond donors (Lipinski definition) is 0. The van der Waals surface area contributed by atoms with E-state index in [1.54, 1.807) is 6.07 Å². The van der Waals surface area contributed by atoms with Crippen LogP contribution in [0.1, 0.15) is 73.9 Å². The number of aryl methyl sites for hydroxylation is 1. The quantitative estimate of drug-likeness (QED) is 0.458. The third-order valence-corrected chi connectivity index (χ3v) is 7.84. The Morgan fingerprint density at radius 1 is 1.14 bits per heavy atom. The van der Waals surface area contributed by atoms with Gasteiger partial charge in [-0.1, -0.05) is 6.92 Å². The largest absolute Gasteiger partial charge is 0.490 e. The molecule has 4 rings (SSSR count). The van der Waals surface area contributed by atoms with Gasteiger partial charge in [-0.25, -0.2) is 0 Å². The Kier molecular flexibility index (Phi) is 8.30. The van der Waals surface area contributed by atoms with Gasteiger partial charge in [0.2, 0.25) is 0 Å². The highest BCUT2D eigenvalue weighted by Crippen LogP contribution is 2.31. The van der Waals surface area contributed by atoms with Crippen molar-refractivity contribution in [1.29, 1.82) is 5.26 Å². The van der Waals surface area contributed by atoms with E-state index in [1.165, 1.54) is 0 Å². The zero-order chi connectivity index (χ0) is 25.7. The van der Waals surface area contributed by atoms with E-state index in [1.807, 2.05) is 43.3 Å². The second-order valence-corrected chi connectivity index (χ2v) is 10.3. The molecule has 0 aromatic heterocycles. The standard InChI is InChI=1S/C30H37N3O3/c1-4-28(36-29-12-8-25(19-31)21(2)17-29)18-27-9-5-22(3)33(27)30(35)24-6-10-26(11-7-24)32-15-13-23(20-34)14-16-32/h6-8,10-12,17,20,22-23,27-28H,4-5,9,13-16,18H2,1-3H3. The third kappa shape index (κ3) is 5.73. The summed E-state index contributed by atoms with van der Waals surface area (Å²) < 4.78 is 6.30. The number of piperidine rings is 1. The molecule has 2 saturated heterocycles. The van der Waals surface area contributed by atoms with Crippen molar-refractivity contribution in [3.63, 3.8) is 0 Å². The van der Waals surface area contributed by atoms with E-state index in [0.29, 0.717) is 5.56 Å². The molecule has 6 nitrogen and oxygen atoms in total. The molecule has 1 amide bonds. The van der Waals surface area contributed by atoms with Crippen LogP contribution >= 0.6 is 0 Å². The monoisotopic (exact) mass is 487 g/mol. The second kappa shape index (κ2) is 11.6. The van der Waals surface area contributed by atoms with E-state index in [0.717, 1.165) is 80.5 Å². The molecule has 2 heterocycles. The summed E-state index contributed by atoms with van der Waals surface area (Å²) in [6, 6.07) is 16.1. The lowest BCUT2D eigenvalue weighted by Gasteiger charge is -2.32. The van der Waals surface area contributed by atoms with E-state index in [4.69, 9.17) is 4.74 Å². The van der Waals surface area contributed by atoms with E-state index in [9.17, 15) is 14.9 Å². The molecular formula is C30H37N3O3. The van der Waals surface area contributed by atoms with Crippen LogP contribution in [-0.2, 0) is 4.79 Å². The van der Waals surface area contributed by atoms with E-state index < -0.39 is 0 Å². The first kappa shape index (κ1) is 25.8. The van der Waals surface area contributed by atoms with Gasteiger partial charge in [-0.3, -0.25) is 4.79 Å². The molecule has 2 aromatic rings. The number of carbonyl (C=O) groups excluding carboxylic acids is 2. The van der Waals surface area contributed by atoms with Gasteiger partial charge in [0.1, 0.15) is 18.1 Å². The fourth-order valence-corrected chi connectivity index (χ4v) is 5.56. The highest BCUT2D eigenvalue weighted by Gasteiger charge is 2.36. The summed E-state index contributed by atoms with van der Waals surface area (Å²) in [5, 5.41) is 9.19. The number of likely N-dealkylation sites (tertiary alicyclic amines) is 1. The number of anilines is 1. The second-order valence-electron chi connectivity index (χ2n) is 10.3. The van der Waals surface area contributed by atoms with E-state index in [-0.39, 0.29) is 30.0 Å². The van der Waals surface area contributed by atoms with Gasteiger partial charge < -0.3 is 19.3 Å². The van der Waals surface area contributed by atoms with Gasteiger partial charge in [0.25, 0.3) is 5.91 Å². The Balaban J connectivity index is 1.41. The average Bonchev–Trinajstić information content (AvgIpc) is 3.27. The van der Waals surface area contributed by atoms with Gasteiger partial charge in [0.05, 0.1) is 11.6 Å². The maximum atomic E-state index is 13.6. The zero-order valence-corrected chi connectivity index (χ0v) is 21.7. The van der Waals surface area contributed by atoms with Crippen LogP contribution in [0.5, 0.6) is 5.75 Å². The summed E-state index contributed by atoms with van der Waals surface area (Å²) in [6.45, 7) is 7.92. The molecule has 2 fully saturated rings. The first-order valence-corrected chi connectivity index (χ1v) is 13.2.